The molecular formula is C14H19ClN2O4. The first-order chi connectivity index (χ1) is 9.90. The fourth-order valence-electron chi connectivity index (χ4n) is 1.64. The SMILES string of the molecule is NC(CCC[C@@H](N)C(=O)O)C(=O)OCc1ccc(Cl)cc1. The molecule has 0 aromatic heterocycles. The van der Waals surface area contributed by atoms with Crippen molar-refractivity contribution in [3.05, 3.63) is 34.9 Å². The van der Waals surface area contributed by atoms with Crippen LogP contribution in [0.5, 0.6) is 0 Å². The molecule has 0 radical (unpaired) electrons. The summed E-state index contributed by atoms with van der Waals surface area (Å²) in [5, 5.41) is 9.24. The van der Waals surface area contributed by atoms with Gasteiger partial charge in [-0.25, -0.2) is 0 Å². The Hall–Kier alpha value is -1.63. The van der Waals surface area contributed by atoms with Gasteiger partial charge in [-0.2, -0.15) is 0 Å². The molecule has 1 aromatic rings. The largest absolute Gasteiger partial charge is 0.480 e. The van der Waals surface area contributed by atoms with Gasteiger partial charge in [0, 0.05) is 5.02 Å². The van der Waals surface area contributed by atoms with Crippen molar-refractivity contribution in [3.63, 3.8) is 0 Å². The Morgan fingerprint density at radius 1 is 1.14 bits per heavy atom. The third-order valence-corrected chi connectivity index (χ3v) is 3.20. The van der Waals surface area contributed by atoms with Gasteiger partial charge < -0.3 is 21.3 Å². The Labute approximate surface area is 128 Å². The van der Waals surface area contributed by atoms with E-state index in [2.05, 4.69) is 0 Å². The van der Waals surface area contributed by atoms with Gasteiger partial charge >= 0.3 is 11.9 Å². The number of benzene rings is 1. The minimum atomic E-state index is -1.06. The fourth-order valence-corrected chi connectivity index (χ4v) is 1.77. The van der Waals surface area contributed by atoms with Crippen LogP contribution in [0.2, 0.25) is 5.02 Å². The number of carboxylic acid groups (broad SMARTS) is 1. The zero-order chi connectivity index (χ0) is 15.8. The molecule has 0 saturated heterocycles. The summed E-state index contributed by atoms with van der Waals surface area (Å²) in [4.78, 5) is 22.2. The van der Waals surface area contributed by atoms with Crippen molar-refractivity contribution >= 4 is 23.5 Å². The molecular weight excluding hydrogens is 296 g/mol. The molecule has 0 amide bonds. The lowest BCUT2D eigenvalue weighted by molar-refractivity contribution is -0.146. The highest BCUT2D eigenvalue weighted by atomic mass is 35.5. The first kappa shape index (κ1) is 17.4. The normalized spacial score (nSPS) is 13.5. The lowest BCUT2D eigenvalue weighted by Crippen LogP contribution is -2.34. The van der Waals surface area contributed by atoms with E-state index >= 15 is 0 Å². The molecule has 1 unspecified atom stereocenters. The van der Waals surface area contributed by atoms with Crippen molar-refractivity contribution in [2.45, 2.75) is 38.0 Å². The molecule has 5 N–H and O–H groups in total. The van der Waals surface area contributed by atoms with Crippen LogP contribution in [-0.2, 0) is 20.9 Å². The maximum absolute atomic E-state index is 11.7. The molecule has 0 aliphatic heterocycles. The van der Waals surface area contributed by atoms with Gasteiger partial charge in [-0.3, -0.25) is 9.59 Å². The van der Waals surface area contributed by atoms with E-state index in [1.807, 2.05) is 0 Å². The molecule has 1 rings (SSSR count). The van der Waals surface area contributed by atoms with Crippen LogP contribution < -0.4 is 11.5 Å². The number of rotatable bonds is 8. The number of halogens is 1. The summed E-state index contributed by atoms with van der Waals surface area (Å²) in [5.41, 5.74) is 11.9. The van der Waals surface area contributed by atoms with Crippen LogP contribution in [0.4, 0.5) is 0 Å². The maximum atomic E-state index is 11.7. The molecule has 0 saturated carbocycles. The summed E-state index contributed by atoms with van der Waals surface area (Å²) in [6, 6.07) is 5.22. The zero-order valence-electron chi connectivity index (χ0n) is 11.5. The third-order valence-electron chi connectivity index (χ3n) is 2.94. The predicted octanol–water partition coefficient (Wildman–Crippen LogP) is 1.29. The molecule has 7 heteroatoms. The third kappa shape index (κ3) is 6.57. The molecule has 0 fully saturated rings. The highest BCUT2D eigenvalue weighted by Crippen LogP contribution is 2.11. The fraction of sp³-hybridized carbons (Fsp3) is 0.429. The average Bonchev–Trinajstić information content (AvgIpc) is 2.45. The first-order valence-electron chi connectivity index (χ1n) is 6.55. The second-order valence-electron chi connectivity index (χ2n) is 4.72. The molecule has 0 aliphatic carbocycles. The van der Waals surface area contributed by atoms with Gasteiger partial charge in [0.15, 0.2) is 0 Å². The van der Waals surface area contributed by atoms with Crippen molar-refractivity contribution in [3.8, 4) is 0 Å². The molecule has 0 aliphatic rings. The molecule has 21 heavy (non-hydrogen) atoms. The molecule has 0 spiro atoms. The van der Waals surface area contributed by atoms with Gasteiger partial charge in [-0.05, 0) is 37.0 Å². The van der Waals surface area contributed by atoms with Crippen molar-refractivity contribution in [2.24, 2.45) is 11.5 Å². The van der Waals surface area contributed by atoms with Crippen LogP contribution in [0.25, 0.3) is 0 Å². The van der Waals surface area contributed by atoms with E-state index in [4.69, 9.17) is 32.9 Å². The summed E-state index contributed by atoms with van der Waals surface area (Å²) in [7, 11) is 0. The van der Waals surface area contributed by atoms with E-state index in [0.29, 0.717) is 17.9 Å². The lowest BCUT2D eigenvalue weighted by Gasteiger charge is -2.12. The Kier molecular flexibility index (Phi) is 7.14. The number of aliphatic carboxylic acids is 1. The Morgan fingerprint density at radius 2 is 1.71 bits per heavy atom. The molecule has 116 valence electrons. The van der Waals surface area contributed by atoms with Crippen LogP contribution in [0.3, 0.4) is 0 Å². The second kappa shape index (κ2) is 8.61. The number of carboxylic acids is 1. The first-order valence-corrected chi connectivity index (χ1v) is 6.93. The lowest BCUT2D eigenvalue weighted by atomic mass is 10.1. The molecule has 1 aromatic carbocycles. The quantitative estimate of drug-likeness (QED) is 0.623. The van der Waals surface area contributed by atoms with E-state index < -0.39 is 24.0 Å². The zero-order valence-corrected chi connectivity index (χ0v) is 12.3. The Balaban J connectivity index is 2.28. The van der Waals surface area contributed by atoms with E-state index in [-0.39, 0.29) is 13.0 Å². The van der Waals surface area contributed by atoms with E-state index in [9.17, 15) is 9.59 Å². The van der Waals surface area contributed by atoms with E-state index in [1.165, 1.54) is 0 Å². The van der Waals surface area contributed by atoms with Crippen LogP contribution in [0, 0.1) is 0 Å². The van der Waals surface area contributed by atoms with Gasteiger partial charge in [-0.15, -0.1) is 0 Å². The summed E-state index contributed by atoms with van der Waals surface area (Å²) < 4.78 is 5.08. The molecule has 0 bridgehead atoms. The predicted molar refractivity (Wildman–Crippen MR) is 78.7 cm³/mol. The minimum Gasteiger partial charge on any atom is -0.480 e. The smallest absolute Gasteiger partial charge is 0.323 e. The number of carbonyl (C=O) groups excluding carboxylic acids is 1. The van der Waals surface area contributed by atoms with Gasteiger partial charge in [0.2, 0.25) is 0 Å². The number of hydrogen-bond donors (Lipinski definition) is 3. The number of carbonyl (C=O) groups is 2. The maximum Gasteiger partial charge on any atom is 0.323 e. The molecule has 2 atom stereocenters. The summed E-state index contributed by atoms with van der Waals surface area (Å²) in [6.07, 6.45) is 1.05. The van der Waals surface area contributed by atoms with Crippen LogP contribution in [0.1, 0.15) is 24.8 Å². The van der Waals surface area contributed by atoms with Crippen molar-refractivity contribution in [1.29, 1.82) is 0 Å². The second-order valence-corrected chi connectivity index (χ2v) is 5.15. The van der Waals surface area contributed by atoms with Gasteiger partial charge in [0.05, 0.1) is 0 Å². The summed E-state index contributed by atoms with van der Waals surface area (Å²) in [5.74, 6) is -1.58. The Morgan fingerprint density at radius 3 is 2.29 bits per heavy atom. The van der Waals surface area contributed by atoms with Crippen molar-refractivity contribution in [1.82, 2.24) is 0 Å². The highest BCUT2D eigenvalue weighted by molar-refractivity contribution is 6.30. The van der Waals surface area contributed by atoms with Gasteiger partial charge in [0.1, 0.15) is 18.7 Å². The van der Waals surface area contributed by atoms with Gasteiger partial charge in [-0.1, -0.05) is 23.7 Å². The van der Waals surface area contributed by atoms with E-state index in [0.717, 1.165) is 5.56 Å². The summed E-state index contributed by atoms with van der Waals surface area (Å²) >= 11 is 5.75. The molecule has 0 heterocycles. The standard InChI is InChI=1S/C14H19ClN2O4/c15-10-6-4-9(5-7-10)8-21-14(20)12(17)3-1-2-11(16)13(18)19/h4-7,11-12H,1-3,8,16-17H2,(H,18,19)/t11-,12?/m1/s1. The number of ether oxygens (including phenoxy) is 1. The number of hydrogen-bond acceptors (Lipinski definition) is 5. The number of esters is 1. The number of nitrogens with two attached hydrogens (primary N) is 2. The van der Waals surface area contributed by atoms with Crippen molar-refractivity contribution in [2.75, 3.05) is 0 Å². The van der Waals surface area contributed by atoms with Gasteiger partial charge in [0.25, 0.3) is 0 Å². The van der Waals surface area contributed by atoms with Crippen LogP contribution in [0.15, 0.2) is 24.3 Å². The van der Waals surface area contributed by atoms with E-state index in [1.54, 1.807) is 24.3 Å². The minimum absolute atomic E-state index is 0.123. The highest BCUT2D eigenvalue weighted by Gasteiger charge is 2.17. The van der Waals surface area contributed by atoms with Crippen LogP contribution in [-0.4, -0.2) is 29.1 Å². The topological polar surface area (TPSA) is 116 Å². The monoisotopic (exact) mass is 314 g/mol. The van der Waals surface area contributed by atoms with Crippen LogP contribution >= 0.6 is 11.6 Å². The molecule has 6 nitrogen and oxygen atoms in total. The Bertz CT molecular complexity index is 478. The average molecular weight is 315 g/mol. The summed E-state index contributed by atoms with van der Waals surface area (Å²) in [6.45, 7) is 0.123. The van der Waals surface area contributed by atoms with Crippen molar-refractivity contribution < 1.29 is 19.4 Å².